The number of hydrogen-bond acceptors (Lipinski definition) is 3. The van der Waals surface area contributed by atoms with Gasteiger partial charge in [-0.05, 0) is 30.0 Å². The standard InChI is InChI=1S/C20H34N2O2/c1-19(2,3)15-12-14(18(23)22(8)11-10-21-7)13-16(17(15)24-9)20(4,5)6/h12-13,21H,10-11H2,1-9H3. The Morgan fingerprint density at radius 3 is 1.88 bits per heavy atom. The molecule has 0 unspecified atom stereocenters. The van der Waals surface area contributed by atoms with Gasteiger partial charge in [0.05, 0.1) is 7.11 Å². The normalized spacial score (nSPS) is 12.2. The Kier molecular flexibility index (Phi) is 6.45. The molecule has 0 atom stereocenters. The van der Waals surface area contributed by atoms with Gasteiger partial charge >= 0.3 is 0 Å². The predicted octanol–water partition coefficient (Wildman–Crippen LogP) is 3.58. The van der Waals surface area contributed by atoms with Crippen LogP contribution in [-0.4, -0.2) is 45.1 Å². The van der Waals surface area contributed by atoms with Crippen molar-refractivity contribution in [1.29, 1.82) is 0 Å². The van der Waals surface area contributed by atoms with Gasteiger partial charge in [0.2, 0.25) is 0 Å². The van der Waals surface area contributed by atoms with E-state index in [1.807, 2.05) is 26.2 Å². The summed E-state index contributed by atoms with van der Waals surface area (Å²) in [5.74, 6) is 0.938. The number of carbonyl (C=O) groups excluding carboxylic acids is 1. The van der Waals surface area contributed by atoms with Crippen LogP contribution in [0.4, 0.5) is 0 Å². The number of amides is 1. The number of rotatable bonds is 5. The fourth-order valence-electron chi connectivity index (χ4n) is 2.69. The van der Waals surface area contributed by atoms with Crippen molar-refractivity contribution in [2.24, 2.45) is 0 Å². The third-order valence-electron chi connectivity index (χ3n) is 4.20. The average Bonchev–Trinajstić information content (AvgIpc) is 2.48. The Bertz CT molecular complexity index is 545. The first-order valence-electron chi connectivity index (χ1n) is 8.56. The molecule has 1 aromatic carbocycles. The summed E-state index contributed by atoms with van der Waals surface area (Å²) in [6, 6.07) is 3.98. The molecular formula is C20H34N2O2. The Hall–Kier alpha value is -1.55. The van der Waals surface area contributed by atoms with Gasteiger partial charge in [-0.25, -0.2) is 0 Å². The van der Waals surface area contributed by atoms with Gasteiger partial charge in [0.1, 0.15) is 5.75 Å². The van der Waals surface area contributed by atoms with Crippen molar-refractivity contribution in [3.05, 3.63) is 28.8 Å². The molecule has 1 amide bonds. The highest BCUT2D eigenvalue weighted by Gasteiger charge is 2.29. The molecule has 0 aliphatic carbocycles. The molecule has 0 aromatic heterocycles. The maximum absolute atomic E-state index is 12.9. The van der Waals surface area contributed by atoms with E-state index in [-0.39, 0.29) is 16.7 Å². The quantitative estimate of drug-likeness (QED) is 0.895. The zero-order valence-corrected chi connectivity index (χ0v) is 16.8. The largest absolute Gasteiger partial charge is 0.496 e. The van der Waals surface area contributed by atoms with Crippen LogP contribution >= 0.6 is 0 Å². The zero-order valence-electron chi connectivity index (χ0n) is 16.8. The van der Waals surface area contributed by atoms with Crippen LogP contribution in [0.25, 0.3) is 0 Å². The van der Waals surface area contributed by atoms with Crippen molar-refractivity contribution in [2.45, 2.75) is 52.4 Å². The third kappa shape index (κ3) is 4.73. The minimum Gasteiger partial charge on any atom is -0.496 e. The maximum atomic E-state index is 12.9. The van der Waals surface area contributed by atoms with Gasteiger partial charge in [-0.15, -0.1) is 0 Å². The monoisotopic (exact) mass is 334 g/mol. The van der Waals surface area contributed by atoms with Crippen LogP contribution < -0.4 is 10.1 Å². The van der Waals surface area contributed by atoms with E-state index >= 15 is 0 Å². The van der Waals surface area contributed by atoms with Crippen molar-refractivity contribution in [3.8, 4) is 5.75 Å². The summed E-state index contributed by atoms with van der Waals surface area (Å²) in [7, 11) is 5.44. The second-order valence-corrected chi connectivity index (χ2v) is 8.43. The predicted molar refractivity (Wildman–Crippen MR) is 101 cm³/mol. The lowest BCUT2D eigenvalue weighted by Gasteiger charge is -2.30. The molecule has 136 valence electrons. The summed E-state index contributed by atoms with van der Waals surface area (Å²) in [4.78, 5) is 14.6. The highest BCUT2D eigenvalue weighted by atomic mass is 16.5. The zero-order chi connectivity index (χ0) is 18.7. The molecule has 0 heterocycles. The van der Waals surface area contributed by atoms with Gasteiger partial charge in [-0.2, -0.15) is 0 Å². The smallest absolute Gasteiger partial charge is 0.253 e. The topological polar surface area (TPSA) is 41.6 Å². The van der Waals surface area contributed by atoms with Gasteiger partial charge < -0.3 is 15.0 Å². The van der Waals surface area contributed by atoms with Crippen LogP contribution in [0.1, 0.15) is 63.0 Å². The number of likely N-dealkylation sites (N-methyl/N-ethyl adjacent to an activating group) is 2. The molecule has 0 bridgehead atoms. The summed E-state index contributed by atoms with van der Waals surface area (Å²) in [6.07, 6.45) is 0. The average molecular weight is 335 g/mol. The van der Waals surface area contributed by atoms with Gasteiger partial charge in [-0.1, -0.05) is 41.5 Å². The maximum Gasteiger partial charge on any atom is 0.253 e. The van der Waals surface area contributed by atoms with E-state index in [2.05, 4.69) is 46.9 Å². The molecule has 1 rings (SSSR count). The van der Waals surface area contributed by atoms with E-state index in [4.69, 9.17) is 4.74 Å². The molecule has 0 radical (unpaired) electrons. The highest BCUT2D eigenvalue weighted by Crippen LogP contribution is 2.40. The number of hydrogen-bond donors (Lipinski definition) is 1. The number of methoxy groups -OCH3 is 1. The van der Waals surface area contributed by atoms with E-state index in [0.29, 0.717) is 6.54 Å². The molecule has 0 aliphatic heterocycles. The minimum absolute atomic E-state index is 0.0453. The first-order valence-corrected chi connectivity index (χ1v) is 8.56. The van der Waals surface area contributed by atoms with Crippen molar-refractivity contribution in [3.63, 3.8) is 0 Å². The van der Waals surface area contributed by atoms with Crippen LogP contribution in [0.3, 0.4) is 0 Å². The Balaban J connectivity index is 3.50. The van der Waals surface area contributed by atoms with E-state index in [1.54, 1.807) is 12.0 Å². The molecule has 24 heavy (non-hydrogen) atoms. The van der Waals surface area contributed by atoms with Crippen molar-refractivity contribution in [2.75, 3.05) is 34.3 Å². The fourth-order valence-corrected chi connectivity index (χ4v) is 2.69. The van der Waals surface area contributed by atoms with Gasteiger partial charge in [-0.3, -0.25) is 4.79 Å². The second-order valence-electron chi connectivity index (χ2n) is 8.43. The lowest BCUT2D eigenvalue weighted by atomic mass is 9.78. The van der Waals surface area contributed by atoms with Crippen LogP contribution in [-0.2, 0) is 10.8 Å². The van der Waals surface area contributed by atoms with Gasteiger partial charge in [0, 0.05) is 36.8 Å². The van der Waals surface area contributed by atoms with E-state index in [9.17, 15) is 4.79 Å². The van der Waals surface area contributed by atoms with Crippen LogP contribution in [0, 0.1) is 0 Å². The minimum atomic E-state index is -0.106. The molecule has 0 aliphatic rings. The molecular weight excluding hydrogens is 300 g/mol. The molecule has 1 aromatic rings. The van der Waals surface area contributed by atoms with Crippen molar-refractivity contribution < 1.29 is 9.53 Å². The van der Waals surface area contributed by atoms with E-state index < -0.39 is 0 Å². The van der Waals surface area contributed by atoms with Crippen molar-refractivity contribution in [1.82, 2.24) is 10.2 Å². The van der Waals surface area contributed by atoms with Crippen LogP contribution in [0.5, 0.6) is 5.75 Å². The third-order valence-corrected chi connectivity index (χ3v) is 4.20. The number of nitrogens with one attached hydrogen (secondary N) is 1. The first kappa shape index (κ1) is 20.5. The molecule has 4 nitrogen and oxygen atoms in total. The lowest BCUT2D eigenvalue weighted by Crippen LogP contribution is -2.33. The highest BCUT2D eigenvalue weighted by molar-refractivity contribution is 5.95. The van der Waals surface area contributed by atoms with E-state index in [0.717, 1.165) is 29.0 Å². The number of nitrogens with zero attached hydrogens (tertiary/aromatic N) is 1. The number of ether oxygens (including phenoxy) is 1. The summed E-state index contributed by atoms with van der Waals surface area (Å²) in [5, 5.41) is 3.08. The van der Waals surface area contributed by atoms with Gasteiger partial charge in [0.25, 0.3) is 5.91 Å². The Labute approximate surface area is 147 Å². The molecule has 1 N–H and O–H groups in total. The molecule has 0 fully saturated rings. The summed E-state index contributed by atoms with van der Waals surface area (Å²) in [6.45, 7) is 14.3. The fraction of sp³-hybridized carbons (Fsp3) is 0.650. The molecule has 0 saturated heterocycles. The summed E-state index contributed by atoms with van der Waals surface area (Å²) in [5.41, 5.74) is 2.66. The lowest BCUT2D eigenvalue weighted by molar-refractivity contribution is 0.0796. The Morgan fingerprint density at radius 2 is 1.54 bits per heavy atom. The molecule has 0 saturated carbocycles. The number of carbonyl (C=O) groups is 1. The second kappa shape index (κ2) is 7.56. The molecule has 4 heteroatoms. The van der Waals surface area contributed by atoms with Gasteiger partial charge in [0.15, 0.2) is 0 Å². The SMILES string of the molecule is CNCCN(C)C(=O)c1cc(C(C)(C)C)c(OC)c(C(C)(C)C)c1. The van der Waals surface area contributed by atoms with Crippen molar-refractivity contribution >= 4 is 5.91 Å². The first-order chi connectivity index (χ1) is 10.9. The van der Waals surface area contributed by atoms with E-state index in [1.165, 1.54) is 0 Å². The van der Waals surface area contributed by atoms with Crippen LogP contribution in [0.15, 0.2) is 12.1 Å². The van der Waals surface area contributed by atoms with Crippen LogP contribution in [0.2, 0.25) is 0 Å². The summed E-state index contributed by atoms with van der Waals surface area (Å²) >= 11 is 0. The Morgan fingerprint density at radius 1 is 1.08 bits per heavy atom. The summed E-state index contributed by atoms with van der Waals surface area (Å²) < 4.78 is 5.75. The number of benzene rings is 1. The molecule has 0 spiro atoms.